The molecule has 0 amide bonds. The Morgan fingerprint density at radius 1 is 0.648 bits per heavy atom. The summed E-state index contributed by atoms with van der Waals surface area (Å²) in [5, 5.41) is 113. The smallest absolute Gasteiger partial charge is 0.331 e. The maximum absolute atomic E-state index is 13.3. The van der Waals surface area contributed by atoms with Crippen molar-refractivity contribution in [2.45, 2.75) is 112 Å². The van der Waals surface area contributed by atoms with E-state index in [1.807, 2.05) is 0 Å². The molecule has 54 heavy (non-hydrogen) atoms. The zero-order valence-corrected chi connectivity index (χ0v) is 29.1. The molecular weight excluding hydrogens is 724 g/mol. The van der Waals surface area contributed by atoms with Crippen LogP contribution in [-0.4, -0.2) is 167 Å². The van der Waals surface area contributed by atoms with E-state index in [-0.39, 0.29) is 30.1 Å². The van der Waals surface area contributed by atoms with Crippen LogP contribution in [0.3, 0.4) is 0 Å². The van der Waals surface area contributed by atoms with E-state index in [2.05, 4.69) is 0 Å². The number of hydrogen-bond acceptors (Lipinski definition) is 19. The summed E-state index contributed by atoms with van der Waals surface area (Å²) in [5.41, 5.74) is 0.811. The molecule has 0 unspecified atom stereocenters. The Labute approximate surface area is 308 Å². The van der Waals surface area contributed by atoms with Crippen LogP contribution < -0.4 is 0 Å². The Kier molecular flexibility index (Phi) is 13.7. The van der Waals surface area contributed by atoms with Gasteiger partial charge in [0.15, 0.2) is 48.0 Å². The number of benzene rings is 2. The Morgan fingerprint density at radius 3 is 1.85 bits per heavy atom. The summed E-state index contributed by atoms with van der Waals surface area (Å²) < 4.78 is 40.4. The lowest BCUT2D eigenvalue weighted by molar-refractivity contribution is -0.363. The van der Waals surface area contributed by atoms with E-state index < -0.39 is 116 Å². The average Bonchev–Trinajstić information content (AvgIpc) is 3.14. The van der Waals surface area contributed by atoms with Crippen LogP contribution in [0.4, 0.5) is 0 Å². The predicted octanol–water partition coefficient (Wildman–Crippen LogP) is -2.16. The van der Waals surface area contributed by atoms with Gasteiger partial charge in [-0.25, -0.2) is 4.79 Å². The van der Waals surface area contributed by atoms with Gasteiger partial charge in [0, 0.05) is 6.08 Å². The summed E-state index contributed by atoms with van der Waals surface area (Å²) in [5.74, 6) is -2.62. The van der Waals surface area contributed by atoms with Crippen LogP contribution in [0.1, 0.15) is 25.0 Å². The van der Waals surface area contributed by atoms with E-state index in [0.29, 0.717) is 5.56 Å². The van der Waals surface area contributed by atoms with Gasteiger partial charge in [0.1, 0.15) is 54.9 Å². The number of rotatable bonds is 12. The summed E-state index contributed by atoms with van der Waals surface area (Å²) in [6, 6.07) is 7.83. The predicted molar refractivity (Wildman–Crippen MR) is 178 cm³/mol. The van der Waals surface area contributed by atoms with Crippen LogP contribution in [0.15, 0.2) is 42.5 Å². The van der Waals surface area contributed by atoms with Gasteiger partial charge >= 0.3 is 5.97 Å². The zero-order valence-electron chi connectivity index (χ0n) is 29.1. The fraction of sp³-hybridized carbons (Fsp3) is 0.571. The molecule has 0 bridgehead atoms. The number of aliphatic hydroxyl groups excluding tert-OH is 7. The van der Waals surface area contributed by atoms with Gasteiger partial charge < -0.3 is 89.3 Å². The molecule has 2 aromatic carbocycles. The highest BCUT2D eigenvalue weighted by Gasteiger charge is 2.53. The molecule has 11 N–H and O–H groups in total. The maximum atomic E-state index is 13.3. The van der Waals surface area contributed by atoms with Crippen molar-refractivity contribution in [3.63, 3.8) is 0 Å². The third-order valence-electron chi connectivity index (χ3n) is 9.32. The van der Waals surface area contributed by atoms with Crippen molar-refractivity contribution in [3.8, 4) is 23.0 Å². The first-order chi connectivity index (χ1) is 25.5. The minimum Gasteiger partial charge on any atom is -0.504 e. The molecule has 3 saturated heterocycles. The summed E-state index contributed by atoms with van der Waals surface area (Å²) in [6.07, 6.45) is -21.1. The van der Waals surface area contributed by atoms with Crippen molar-refractivity contribution in [2.75, 3.05) is 13.2 Å². The Morgan fingerprint density at radius 2 is 1.22 bits per heavy atom. The van der Waals surface area contributed by atoms with Gasteiger partial charge in [0.2, 0.25) is 0 Å². The Hall–Kier alpha value is -3.67. The van der Waals surface area contributed by atoms with Crippen LogP contribution in [0.2, 0.25) is 0 Å². The minimum absolute atomic E-state index is 0.134. The van der Waals surface area contributed by atoms with Crippen LogP contribution in [-0.2, 0) is 44.4 Å². The first-order valence-electron chi connectivity index (χ1n) is 17.1. The molecule has 5 rings (SSSR count). The number of hydrogen-bond donors (Lipinski definition) is 11. The first kappa shape index (κ1) is 41.5. The number of carbonyl (C=O) groups excluding carboxylic acids is 1. The monoisotopic (exact) mass is 770 g/mol. The van der Waals surface area contributed by atoms with Crippen molar-refractivity contribution in [1.82, 2.24) is 0 Å². The fourth-order valence-electron chi connectivity index (χ4n) is 6.08. The molecule has 0 saturated carbocycles. The second kappa shape index (κ2) is 17.9. The van der Waals surface area contributed by atoms with E-state index in [9.17, 15) is 61.0 Å². The zero-order chi connectivity index (χ0) is 39.4. The van der Waals surface area contributed by atoms with Gasteiger partial charge in [-0.1, -0.05) is 12.1 Å². The highest BCUT2D eigenvalue weighted by Crippen LogP contribution is 2.33. The van der Waals surface area contributed by atoms with Crippen molar-refractivity contribution >= 4 is 12.0 Å². The quantitative estimate of drug-likeness (QED) is 0.0622. The molecule has 19 nitrogen and oxygen atoms in total. The molecule has 2 aromatic rings. The molecule has 300 valence electrons. The summed E-state index contributed by atoms with van der Waals surface area (Å²) in [6.45, 7) is 2.06. The van der Waals surface area contributed by atoms with Gasteiger partial charge in [0.05, 0.1) is 25.4 Å². The van der Waals surface area contributed by atoms with Crippen LogP contribution in [0.5, 0.6) is 23.0 Å². The van der Waals surface area contributed by atoms with E-state index in [4.69, 9.17) is 33.2 Å². The van der Waals surface area contributed by atoms with Crippen LogP contribution in [0, 0.1) is 0 Å². The third-order valence-corrected chi connectivity index (χ3v) is 9.32. The normalized spacial score (nSPS) is 37.3. The maximum Gasteiger partial charge on any atom is 0.331 e. The van der Waals surface area contributed by atoms with Crippen molar-refractivity contribution in [3.05, 3.63) is 53.6 Å². The van der Waals surface area contributed by atoms with Gasteiger partial charge in [-0.3, -0.25) is 0 Å². The number of aromatic hydroxyl groups is 4. The number of esters is 1. The summed E-state index contributed by atoms with van der Waals surface area (Å²) in [4.78, 5) is 13.3. The topological polar surface area (TPSA) is 304 Å². The molecule has 19 heteroatoms. The molecule has 0 aliphatic carbocycles. The van der Waals surface area contributed by atoms with E-state index in [1.54, 1.807) is 0 Å². The van der Waals surface area contributed by atoms with Crippen LogP contribution >= 0.6 is 0 Å². The summed E-state index contributed by atoms with van der Waals surface area (Å²) >= 11 is 0. The molecule has 0 aromatic heterocycles. The second-order valence-electron chi connectivity index (χ2n) is 13.3. The van der Waals surface area contributed by atoms with E-state index >= 15 is 0 Å². The number of phenolic OH excluding ortho intramolecular Hbond substituents is 4. The first-order valence-corrected chi connectivity index (χ1v) is 17.1. The average molecular weight is 771 g/mol. The largest absolute Gasteiger partial charge is 0.504 e. The highest BCUT2D eigenvalue weighted by molar-refractivity contribution is 5.87. The van der Waals surface area contributed by atoms with Gasteiger partial charge in [-0.2, -0.15) is 0 Å². The van der Waals surface area contributed by atoms with Crippen molar-refractivity contribution < 1.29 is 94.1 Å². The molecular formula is C35H46O19. The van der Waals surface area contributed by atoms with Gasteiger partial charge in [-0.05, 0) is 61.7 Å². The van der Waals surface area contributed by atoms with Crippen molar-refractivity contribution in [1.29, 1.82) is 0 Å². The molecule has 15 atom stereocenters. The molecule has 0 spiro atoms. The lowest BCUT2D eigenvalue weighted by Gasteiger charge is -2.47. The number of phenols is 4. The highest BCUT2D eigenvalue weighted by atomic mass is 16.8. The standard InChI is InChI=1S/C35H46O19/c1-14-24(41)26(43)28(45)33(50-14)49-13-22-31(53-23(40)8-5-16-3-6-18(36)20(38)11-16)32(54-35-29(46)27(44)25(42)15(2)51-35)30(47)34(52-22)48-10-9-17-4-7-19(37)21(39)12-17/h3-8,11-12,14-15,22,24-39,41-47H,9-10,13H2,1-2H3/t14-,15-,22+,24-,25-,26+,27+,28+,29+,30+,31+,32+,33-,34+,35+/m0/s1. The van der Waals surface area contributed by atoms with Crippen molar-refractivity contribution in [2.24, 2.45) is 0 Å². The van der Waals surface area contributed by atoms with Gasteiger partial charge in [-0.15, -0.1) is 0 Å². The molecule has 0 radical (unpaired) electrons. The Balaban J connectivity index is 1.43. The number of aliphatic hydroxyl groups is 7. The molecule has 3 aliphatic rings. The Bertz CT molecular complexity index is 1590. The number of ether oxygens (including phenoxy) is 7. The third kappa shape index (κ3) is 9.58. The second-order valence-corrected chi connectivity index (χ2v) is 13.3. The molecule has 3 fully saturated rings. The van der Waals surface area contributed by atoms with E-state index in [0.717, 1.165) is 6.08 Å². The van der Waals surface area contributed by atoms with Crippen LogP contribution in [0.25, 0.3) is 6.08 Å². The fourth-order valence-corrected chi connectivity index (χ4v) is 6.08. The molecule has 3 heterocycles. The van der Waals surface area contributed by atoms with E-state index in [1.165, 1.54) is 56.3 Å². The van der Waals surface area contributed by atoms with Gasteiger partial charge in [0.25, 0.3) is 0 Å². The molecule has 3 aliphatic heterocycles. The SMILES string of the molecule is C[C@@H]1O[C@H](OC[C@H]2O[C@@H](OCCc3ccc(O)c(O)c3)[C@H](O)[C@@H](O[C@H]3O[C@@H](C)[C@H](O)[C@@H](O)[C@H]3O)[C@@H]2OC(=O)C=Cc2ccc(O)c(O)c2)[C@H](O)[C@H](O)[C@H]1O. The minimum atomic E-state index is -1.86. The summed E-state index contributed by atoms with van der Waals surface area (Å²) in [7, 11) is 0. The lowest BCUT2D eigenvalue weighted by atomic mass is 9.96. The number of carbonyl (C=O) groups is 1. The lowest BCUT2D eigenvalue weighted by Crippen LogP contribution is -2.65.